The van der Waals surface area contributed by atoms with Gasteiger partial charge in [-0.2, -0.15) is 0 Å². The molecule has 1 aromatic carbocycles. The van der Waals surface area contributed by atoms with Gasteiger partial charge < -0.3 is 5.32 Å². The predicted molar refractivity (Wildman–Crippen MR) is 80.6 cm³/mol. The van der Waals surface area contributed by atoms with E-state index in [4.69, 9.17) is 4.99 Å². The van der Waals surface area contributed by atoms with Gasteiger partial charge in [-0.1, -0.05) is 24.2 Å². The summed E-state index contributed by atoms with van der Waals surface area (Å²) in [4.78, 5) is 4.86. The molecule has 1 N–H and O–H groups in total. The van der Waals surface area contributed by atoms with Crippen LogP contribution in [0.2, 0.25) is 0 Å². The Morgan fingerprint density at radius 2 is 2.11 bits per heavy atom. The standard InChI is InChI=1S/C15H20N2S/c1-10-6-7-13(8-11(10)2)16-15-17-14-5-3-4-12(14)9-18-15/h6-8,12,14H,3-5,9H2,1-2H3,(H,16,17). The summed E-state index contributed by atoms with van der Waals surface area (Å²) in [7, 11) is 0. The lowest BCUT2D eigenvalue weighted by atomic mass is 10.1. The summed E-state index contributed by atoms with van der Waals surface area (Å²) in [6.07, 6.45) is 4.01. The predicted octanol–water partition coefficient (Wildman–Crippen LogP) is 3.99. The van der Waals surface area contributed by atoms with Crippen LogP contribution in [0.4, 0.5) is 5.69 Å². The summed E-state index contributed by atoms with van der Waals surface area (Å²) in [6, 6.07) is 7.11. The van der Waals surface area contributed by atoms with E-state index in [2.05, 4.69) is 37.4 Å². The molecule has 3 rings (SSSR count). The third kappa shape index (κ3) is 2.41. The maximum atomic E-state index is 4.86. The summed E-state index contributed by atoms with van der Waals surface area (Å²) >= 11 is 1.88. The first-order valence-electron chi connectivity index (χ1n) is 6.77. The molecule has 2 unspecified atom stereocenters. The van der Waals surface area contributed by atoms with E-state index in [9.17, 15) is 0 Å². The number of fused-ring (bicyclic) bond motifs is 1. The molecule has 1 heterocycles. The first-order chi connectivity index (χ1) is 8.72. The van der Waals surface area contributed by atoms with Gasteiger partial charge in [-0.05, 0) is 55.9 Å². The molecule has 0 aromatic heterocycles. The Labute approximate surface area is 113 Å². The Morgan fingerprint density at radius 1 is 1.22 bits per heavy atom. The van der Waals surface area contributed by atoms with Gasteiger partial charge in [0.2, 0.25) is 0 Å². The number of hydrogen-bond donors (Lipinski definition) is 1. The minimum absolute atomic E-state index is 0.584. The van der Waals surface area contributed by atoms with E-state index >= 15 is 0 Å². The molecule has 1 aliphatic carbocycles. The molecule has 3 heteroatoms. The van der Waals surface area contributed by atoms with Crippen LogP contribution in [0.5, 0.6) is 0 Å². The van der Waals surface area contributed by atoms with E-state index < -0.39 is 0 Å². The molecule has 0 radical (unpaired) electrons. The largest absolute Gasteiger partial charge is 0.335 e. The summed E-state index contributed by atoms with van der Waals surface area (Å²) in [6.45, 7) is 4.30. The van der Waals surface area contributed by atoms with Gasteiger partial charge in [-0.3, -0.25) is 4.99 Å². The van der Waals surface area contributed by atoms with E-state index in [0.717, 1.165) is 11.1 Å². The lowest BCUT2D eigenvalue weighted by Crippen LogP contribution is -2.25. The van der Waals surface area contributed by atoms with Gasteiger partial charge in [-0.15, -0.1) is 0 Å². The number of aryl methyl sites for hydroxylation is 2. The average Bonchev–Trinajstić information content (AvgIpc) is 2.81. The highest BCUT2D eigenvalue weighted by Gasteiger charge is 2.30. The Hall–Kier alpha value is -0.960. The Kier molecular flexibility index (Phi) is 3.33. The van der Waals surface area contributed by atoms with Crippen molar-refractivity contribution in [2.45, 2.75) is 39.2 Å². The van der Waals surface area contributed by atoms with E-state index in [1.807, 2.05) is 11.8 Å². The highest BCUT2D eigenvalue weighted by molar-refractivity contribution is 8.14. The number of benzene rings is 1. The SMILES string of the molecule is Cc1ccc(NC2=NC3CCCC3CS2)cc1C. The first-order valence-corrected chi connectivity index (χ1v) is 7.76. The molecule has 2 atom stereocenters. The fourth-order valence-electron chi connectivity index (χ4n) is 2.77. The van der Waals surface area contributed by atoms with Crippen molar-refractivity contribution in [3.05, 3.63) is 29.3 Å². The van der Waals surface area contributed by atoms with Crippen molar-refractivity contribution in [1.29, 1.82) is 0 Å². The van der Waals surface area contributed by atoms with Crippen molar-refractivity contribution in [3.8, 4) is 0 Å². The van der Waals surface area contributed by atoms with Crippen molar-refractivity contribution >= 4 is 22.6 Å². The van der Waals surface area contributed by atoms with Crippen molar-refractivity contribution < 1.29 is 0 Å². The number of nitrogens with zero attached hydrogens (tertiary/aromatic N) is 1. The molecule has 18 heavy (non-hydrogen) atoms. The highest BCUT2D eigenvalue weighted by atomic mass is 32.2. The lowest BCUT2D eigenvalue weighted by Gasteiger charge is -2.23. The third-order valence-corrected chi connectivity index (χ3v) is 5.17. The molecule has 0 amide bonds. The average molecular weight is 260 g/mol. The van der Waals surface area contributed by atoms with E-state index in [0.29, 0.717) is 6.04 Å². The molecular formula is C15H20N2S. The normalized spacial score (nSPS) is 26.7. The number of amidine groups is 1. The molecule has 1 saturated carbocycles. The molecule has 1 aromatic rings. The van der Waals surface area contributed by atoms with Crippen molar-refractivity contribution in [3.63, 3.8) is 0 Å². The third-order valence-electron chi connectivity index (χ3n) is 4.09. The number of nitrogens with one attached hydrogen (secondary N) is 1. The van der Waals surface area contributed by atoms with Crippen LogP contribution in [0, 0.1) is 19.8 Å². The van der Waals surface area contributed by atoms with Gasteiger partial charge in [0.25, 0.3) is 0 Å². The number of aliphatic imine (C=N–C) groups is 1. The van der Waals surface area contributed by atoms with Gasteiger partial charge in [0.15, 0.2) is 5.17 Å². The van der Waals surface area contributed by atoms with Crippen LogP contribution in [-0.2, 0) is 0 Å². The Morgan fingerprint density at radius 3 is 2.94 bits per heavy atom. The second kappa shape index (κ2) is 4.96. The second-order valence-electron chi connectivity index (χ2n) is 5.43. The topological polar surface area (TPSA) is 24.4 Å². The van der Waals surface area contributed by atoms with Gasteiger partial charge >= 0.3 is 0 Å². The van der Waals surface area contributed by atoms with Gasteiger partial charge in [0.1, 0.15) is 0 Å². The smallest absolute Gasteiger partial charge is 0.161 e. The highest BCUT2D eigenvalue weighted by Crippen LogP contribution is 2.35. The molecular weight excluding hydrogens is 240 g/mol. The van der Waals surface area contributed by atoms with Gasteiger partial charge in [0, 0.05) is 11.4 Å². The van der Waals surface area contributed by atoms with Crippen LogP contribution in [-0.4, -0.2) is 17.0 Å². The number of hydrogen-bond acceptors (Lipinski definition) is 3. The zero-order valence-corrected chi connectivity index (χ0v) is 11.9. The summed E-state index contributed by atoms with van der Waals surface area (Å²) in [5, 5.41) is 4.59. The molecule has 0 saturated heterocycles. The van der Waals surface area contributed by atoms with E-state index in [-0.39, 0.29) is 0 Å². The minimum Gasteiger partial charge on any atom is -0.335 e. The van der Waals surface area contributed by atoms with Crippen molar-refractivity contribution in [2.75, 3.05) is 11.1 Å². The summed E-state index contributed by atoms with van der Waals surface area (Å²) < 4.78 is 0. The van der Waals surface area contributed by atoms with Crippen LogP contribution in [0.15, 0.2) is 23.2 Å². The zero-order chi connectivity index (χ0) is 12.5. The van der Waals surface area contributed by atoms with Crippen molar-refractivity contribution in [1.82, 2.24) is 0 Å². The fraction of sp³-hybridized carbons (Fsp3) is 0.533. The first kappa shape index (κ1) is 12.1. The van der Waals surface area contributed by atoms with Gasteiger partial charge in [0.05, 0.1) is 6.04 Å². The lowest BCUT2D eigenvalue weighted by molar-refractivity contribution is 0.535. The van der Waals surface area contributed by atoms with Crippen LogP contribution in [0.25, 0.3) is 0 Å². The van der Waals surface area contributed by atoms with Crippen LogP contribution in [0.3, 0.4) is 0 Å². The maximum absolute atomic E-state index is 4.86. The van der Waals surface area contributed by atoms with Crippen molar-refractivity contribution in [2.24, 2.45) is 10.9 Å². The fourth-order valence-corrected chi connectivity index (χ4v) is 3.93. The molecule has 1 aliphatic heterocycles. The second-order valence-corrected chi connectivity index (χ2v) is 6.44. The zero-order valence-electron chi connectivity index (χ0n) is 11.1. The molecule has 1 fully saturated rings. The maximum Gasteiger partial charge on any atom is 0.161 e. The molecule has 0 spiro atoms. The van der Waals surface area contributed by atoms with Crippen LogP contribution >= 0.6 is 11.8 Å². The minimum atomic E-state index is 0.584. The number of rotatable bonds is 1. The summed E-state index contributed by atoms with van der Waals surface area (Å²) in [5.41, 5.74) is 3.84. The Balaban J connectivity index is 1.74. The number of anilines is 1. The summed E-state index contributed by atoms with van der Waals surface area (Å²) in [5.74, 6) is 2.07. The Bertz CT molecular complexity index is 481. The van der Waals surface area contributed by atoms with Gasteiger partial charge in [-0.25, -0.2) is 0 Å². The molecule has 0 bridgehead atoms. The molecule has 96 valence electrons. The van der Waals surface area contributed by atoms with Crippen LogP contribution < -0.4 is 5.32 Å². The molecule has 2 aliphatic rings. The van der Waals surface area contributed by atoms with E-state index in [1.54, 1.807) is 0 Å². The molecule has 2 nitrogen and oxygen atoms in total. The van der Waals surface area contributed by atoms with Crippen LogP contribution in [0.1, 0.15) is 30.4 Å². The number of thioether (sulfide) groups is 1. The quantitative estimate of drug-likeness (QED) is 0.825. The van der Waals surface area contributed by atoms with E-state index in [1.165, 1.54) is 41.8 Å². The monoisotopic (exact) mass is 260 g/mol.